The van der Waals surface area contributed by atoms with Crippen molar-refractivity contribution >= 4 is 17.0 Å². The Morgan fingerprint density at radius 3 is 2.82 bits per heavy atom. The third-order valence-corrected chi connectivity index (χ3v) is 2.53. The average molecular weight is 229 g/mol. The maximum Gasteiger partial charge on any atom is 0.213 e. The maximum absolute atomic E-state index is 5.37. The maximum atomic E-state index is 5.37. The summed E-state index contributed by atoms with van der Waals surface area (Å²) in [4.78, 5) is 4.41. The van der Waals surface area contributed by atoms with Crippen molar-refractivity contribution in [3.63, 3.8) is 0 Å². The molecular weight excluding hydrogens is 214 g/mol. The lowest BCUT2D eigenvalue weighted by Crippen LogP contribution is -1.95. The summed E-state index contributed by atoms with van der Waals surface area (Å²) in [6, 6.07) is 7.75. The molecule has 0 unspecified atom stereocenters. The molecule has 17 heavy (non-hydrogen) atoms. The lowest BCUT2D eigenvalue weighted by molar-refractivity contribution is 0.328. The van der Waals surface area contributed by atoms with Crippen LogP contribution >= 0.6 is 0 Å². The molecule has 2 rings (SSSR count). The van der Waals surface area contributed by atoms with Gasteiger partial charge < -0.3 is 9.47 Å². The fraction of sp³-hybridized carbons (Fsp3) is 0.214. The fourth-order valence-corrected chi connectivity index (χ4v) is 1.72. The van der Waals surface area contributed by atoms with Gasteiger partial charge in [-0.15, -0.1) is 0 Å². The Hall–Kier alpha value is -2.03. The van der Waals surface area contributed by atoms with Crippen LogP contribution in [0.4, 0.5) is 0 Å². The van der Waals surface area contributed by atoms with Crippen molar-refractivity contribution in [1.82, 2.24) is 4.98 Å². The minimum atomic E-state index is 0.611. The third kappa shape index (κ3) is 2.23. The molecule has 0 spiro atoms. The van der Waals surface area contributed by atoms with Gasteiger partial charge in [0.15, 0.2) is 0 Å². The molecule has 0 fully saturated rings. The Morgan fingerprint density at radius 1 is 1.35 bits per heavy atom. The highest BCUT2D eigenvalue weighted by Crippen LogP contribution is 2.27. The minimum Gasteiger partial charge on any atom is -0.496 e. The van der Waals surface area contributed by atoms with Crippen LogP contribution in [-0.4, -0.2) is 18.7 Å². The third-order valence-electron chi connectivity index (χ3n) is 2.53. The van der Waals surface area contributed by atoms with Gasteiger partial charge in [-0.3, -0.25) is 0 Å². The quantitative estimate of drug-likeness (QED) is 0.806. The Bertz CT molecular complexity index is 549. The van der Waals surface area contributed by atoms with Crippen LogP contribution in [0.2, 0.25) is 0 Å². The van der Waals surface area contributed by atoms with E-state index in [0.29, 0.717) is 12.5 Å². The first kappa shape index (κ1) is 11.5. The monoisotopic (exact) mass is 229 g/mol. The summed E-state index contributed by atoms with van der Waals surface area (Å²) in [6.45, 7) is 6.32. The van der Waals surface area contributed by atoms with Crippen LogP contribution in [0.1, 0.15) is 12.5 Å². The summed E-state index contributed by atoms with van der Waals surface area (Å²) in [6.07, 6.45) is 1.77. The van der Waals surface area contributed by atoms with E-state index in [0.717, 1.165) is 22.2 Å². The molecular formula is C14H15NO2. The number of pyridine rings is 1. The highest BCUT2D eigenvalue weighted by Gasteiger charge is 2.05. The van der Waals surface area contributed by atoms with E-state index >= 15 is 0 Å². The molecule has 0 aliphatic heterocycles. The SMILES string of the molecule is C=Cc1cc2ccc(OCC)nc2cc1OC. The molecule has 88 valence electrons. The van der Waals surface area contributed by atoms with Gasteiger partial charge in [0, 0.05) is 23.1 Å². The van der Waals surface area contributed by atoms with E-state index in [1.807, 2.05) is 31.2 Å². The molecule has 3 heteroatoms. The second-order valence-electron chi connectivity index (χ2n) is 3.57. The number of aromatic nitrogens is 1. The van der Waals surface area contributed by atoms with Crippen molar-refractivity contribution in [3.05, 3.63) is 36.4 Å². The molecule has 0 radical (unpaired) electrons. The summed E-state index contributed by atoms with van der Waals surface area (Å²) < 4.78 is 10.7. The van der Waals surface area contributed by atoms with Crippen molar-refractivity contribution in [3.8, 4) is 11.6 Å². The average Bonchev–Trinajstić information content (AvgIpc) is 2.37. The summed E-state index contributed by atoms with van der Waals surface area (Å²) >= 11 is 0. The molecule has 0 atom stereocenters. The summed E-state index contributed by atoms with van der Waals surface area (Å²) in [7, 11) is 1.64. The fourth-order valence-electron chi connectivity index (χ4n) is 1.72. The van der Waals surface area contributed by atoms with Crippen molar-refractivity contribution in [2.24, 2.45) is 0 Å². The first-order valence-corrected chi connectivity index (χ1v) is 5.52. The predicted octanol–water partition coefficient (Wildman–Crippen LogP) is 3.29. The first-order valence-electron chi connectivity index (χ1n) is 5.52. The number of methoxy groups -OCH3 is 1. The largest absolute Gasteiger partial charge is 0.496 e. The predicted molar refractivity (Wildman–Crippen MR) is 69.6 cm³/mol. The lowest BCUT2D eigenvalue weighted by Gasteiger charge is -2.08. The lowest BCUT2D eigenvalue weighted by atomic mass is 10.1. The van der Waals surface area contributed by atoms with Crippen LogP contribution in [0, 0.1) is 0 Å². The number of hydrogen-bond donors (Lipinski definition) is 0. The first-order chi connectivity index (χ1) is 8.28. The highest BCUT2D eigenvalue weighted by molar-refractivity contribution is 5.84. The Morgan fingerprint density at radius 2 is 2.18 bits per heavy atom. The van der Waals surface area contributed by atoms with Crippen LogP contribution in [-0.2, 0) is 0 Å². The highest BCUT2D eigenvalue weighted by atomic mass is 16.5. The van der Waals surface area contributed by atoms with Crippen LogP contribution in [0.25, 0.3) is 17.0 Å². The second kappa shape index (κ2) is 4.87. The Balaban J connectivity index is 2.57. The van der Waals surface area contributed by atoms with Gasteiger partial charge in [-0.25, -0.2) is 4.98 Å². The number of benzene rings is 1. The zero-order chi connectivity index (χ0) is 12.3. The van der Waals surface area contributed by atoms with Crippen LogP contribution in [0.15, 0.2) is 30.8 Å². The van der Waals surface area contributed by atoms with E-state index < -0.39 is 0 Å². The van der Waals surface area contributed by atoms with Gasteiger partial charge in [0.25, 0.3) is 0 Å². The molecule has 0 amide bonds. The van der Waals surface area contributed by atoms with Crippen LogP contribution < -0.4 is 9.47 Å². The van der Waals surface area contributed by atoms with Gasteiger partial charge in [0.2, 0.25) is 5.88 Å². The number of nitrogens with zero attached hydrogens (tertiary/aromatic N) is 1. The van der Waals surface area contributed by atoms with Gasteiger partial charge in [-0.05, 0) is 19.1 Å². The molecule has 1 aromatic carbocycles. The molecule has 0 aliphatic carbocycles. The van der Waals surface area contributed by atoms with E-state index in [9.17, 15) is 0 Å². The van der Waals surface area contributed by atoms with Crippen molar-refractivity contribution in [2.45, 2.75) is 6.92 Å². The molecule has 0 N–H and O–H groups in total. The van der Waals surface area contributed by atoms with Crippen molar-refractivity contribution in [1.29, 1.82) is 0 Å². The van der Waals surface area contributed by atoms with E-state index in [1.54, 1.807) is 13.2 Å². The van der Waals surface area contributed by atoms with E-state index in [1.165, 1.54) is 0 Å². The van der Waals surface area contributed by atoms with E-state index in [-0.39, 0.29) is 0 Å². The van der Waals surface area contributed by atoms with Crippen LogP contribution in [0.3, 0.4) is 0 Å². The smallest absolute Gasteiger partial charge is 0.213 e. The topological polar surface area (TPSA) is 31.4 Å². The molecule has 2 aromatic rings. The summed E-state index contributed by atoms with van der Waals surface area (Å²) in [5.41, 5.74) is 1.82. The van der Waals surface area contributed by atoms with Gasteiger partial charge in [0.05, 0.1) is 19.2 Å². The van der Waals surface area contributed by atoms with Gasteiger partial charge in [0.1, 0.15) is 5.75 Å². The number of ether oxygens (including phenoxy) is 2. The van der Waals surface area contributed by atoms with Crippen molar-refractivity contribution in [2.75, 3.05) is 13.7 Å². The van der Waals surface area contributed by atoms with Crippen LogP contribution in [0.5, 0.6) is 11.6 Å². The van der Waals surface area contributed by atoms with E-state index in [4.69, 9.17) is 9.47 Å². The summed E-state index contributed by atoms with van der Waals surface area (Å²) in [5.74, 6) is 1.40. The molecule has 1 heterocycles. The molecule has 1 aromatic heterocycles. The Labute approximate surface area is 101 Å². The Kier molecular flexibility index (Phi) is 3.28. The standard InChI is InChI=1S/C14H15NO2/c1-4-10-8-11-6-7-14(17-5-2)15-12(11)9-13(10)16-3/h4,6-9H,1,5H2,2-3H3. The minimum absolute atomic E-state index is 0.611. The number of fused-ring (bicyclic) bond motifs is 1. The zero-order valence-corrected chi connectivity index (χ0v) is 10.1. The molecule has 3 nitrogen and oxygen atoms in total. The van der Waals surface area contributed by atoms with Gasteiger partial charge in [-0.1, -0.05) is 12.7 Å². The summed E-state index contributed by atoms with van der Waals surface area (Å²) in [5, 5.41) is 1.05. The van der Waals surface area contributed by atoms with Crippen molar-refractivity contribution < 1.29 is 9.47 Å². The molecule has 0 bridgehead atoms. The van der Waals surface area contributed by atoms with E-state index in [2.05, 4.69) is 11.6 Å². The molecule has 0 saturated heterocycles. The van der Waals surface area contributed by atoms with Gasteiger partial charge in [-0.2, -0.15) is 0 Å². The number of rotatable bonds is 4. The van der Waals surface area contributed by atoms with Gasteiger partial charge >= 0.3 is 0 Å². The molecule has 0 aliphatic rings. The normalized spacial score (nSPS) is 10.2. The molecule has 0 saturated carbocycles. The zero-order valence-electron chi connectivity index (χ0n) is 10.1. The number of hydrogen-bond acceptors (Lipinski definition) is 3. The second-order valence-corrected chi connectivity index (χ2v) is 3.57.